The van der Waals surface area contributed by atoms with Crippen molar-refractivity contribution in [3.05, 3.63) is 33.6 Å². The van der Waals surface area contributed by atoms with Crippen LogP contribution in [0.2, 0.25) is 10.0 Å². The van der Waals surface area contributed by atoms with E-state index < -0.39 is 11.9 Å². The first-order chi connectivity index (χ1) is 6.45. The van der Waals surface area contributed by atoms with Gasteiger partial charge in [-0.1, -0.05) is 37.0 Å². The number of nitrogens with two attached hydrogens (primary N) is 1. The zero-order chi connectivity index (χ0) is 10.9. The van der Waals surface area contributed by atoms with Gasteiger partial charge >= 0.3 is 0 Å². The summed E-state index contributed by atoms with van der Waals surface area (Å²) in [6.45, 7) is 3.81. The third kappa shape index (κ3) is 2.19. The highest BCUT2D eigenvalue weighted by molar-refractivity contribution is 6.42. The van der Waals surface area contributed by atoms with E-state index in [1.165, 1.54) is 12.1 Å². The molecule has 1 aromatic carbocycles. The van der Waals surface area contributed by atoms with E-state index in [1.807, 2.05) is 13.8 Å². The molecule has 2 N–H and O–H groups in total. The first-order valence-electron chi connectivity index (χ1n) is 4.34. The zero-order valence-electron chi connectivity index (χ0n) is 8.02. The van der Waals surface area contributed by atoms with Gasteiger partial charge in [-0.25, -0.2) is 4.39 Å². The van der Waals surface area contributed by atoms with Crippen LogP contribution in [0.4, 0.5) is 4.39 Å². The highest BCUT2D eigenvalue weighted by atomic mass is 35.5. The molecule has 0 radical (unpaired) electrons. The van der Waals surface area contributed by atoms with Crippen molar-refractivity contribution < 1.29 is 4.39 Å². The van der Waals surface area contributed by atoms with Crippen molar-refractivity contribution >= 4 is 23.2 Å². The van der Waals surface area contributed by atoms with E-state index in [9.17, 15) is 4.39 Å². The van der Waals surface area contributed by atoms with Crippen molar-refractivity contribution in [2.24, 2.45) is 11.7 Å². The molecule has 0 unspecified atom stereocenters. The minimum Gasteiger partial charge on any atom is -0.324 e. The summed E-state index contributed by atoms with van der Waals surface area (Å²) >= 11 is 11.7. The van der Waals surface area contributed by atoms with Crippen LogP contribution in [0, 0.1) is 11.7 Å². The molecule has 0 amide bonds. The van der Waals surface area contributed by atoms with Crippen LogP contribution in [0.15, 0.2) is 12.1 Å². The molecular weight excluding hydrogens is 224 g/mol. The van der Waals surface area contributed by atoms with E-state index >= 15 is 0 Å². The van der Waals surface area contributed by atoms with Crippen LogP contribution in [0.1, 0.15) is 25.5 Å². The molecule has 0 aromatic heterocycles. The molecule has 1 nitrogen and oxygen atoms in total. The molecule has 0 spiro atoms. The van der Waals surface area contributed by atoms with E-state index in [1.54, 1.807) is 0 Å². The molecule has 1 rings (SSSR count). The SMILES string of the molecule is CC(C)[C@H](N)c1c(F)ccc(Cl)c1Cl. The zero-order valence-corrected chi connectivity index (χ0v) is 9.53. The summed E-state index contributed by atoms with van der Waals surface area (Å²) in [4.78, 5) is 0. The number of benzene rings is 1. The predicted octanol–water partition coefficient (Wildman–Crippen LogP) is 3.79. The fourth-order valence-electron chi connectivity index (χ4n) is 1.18. The number of rotatable bonds is 2. The van der Waals surface area contributed by atoms with Crippen LogP contribution in [0.3, 0.4) is 0 Å². The van der Waals surface area contributed by atoms with Gasteiger partial charge in [0.2, 0.25) is 0 Å². The largest absolute Gasteiger partial charge is 0.324 e. The molecule has 0 bridgehead atoms. The lowest BCUT2D eigenvalue weighted by molar-refractivity contribution is 0.485. The van der Waals surface area contributed by atoms with Crippen LogP contribution in [-0.4, -0.2) is 0 Å². The van der Waals surface area contributed by atoms with Crippen LogP contribution in [-0.2, 0) is 0 Å². The molecule has 0 aliphatic heterocycles. The van der Waals surface area contributed by atoms with E-state index in [2.05, 4.69) is 0 Å². The Labute approximate surface area is 93.0 Å². The van der Waals surface area contributed by atoms with Gasteiger partial charge in [-0.15, -0.1) is 0 Å². The standard InChI is InChI=1S/C10H12Cl2FN/c1-5(2)10(14)8-7(13)4-3-6(11)9(8)12/h3-5,10H,14H2,1-2H3/t10-/m0/s1. The quantitative estimate of drug-likeness (QED) is 0.776. The summed E-state index contributed by atoms with van der Waals surface area (Å²) in [7, 11) is 0. The second-order valence-corrected chi connectivity index (χ2v) is 4.31. The summed E-state index contributed by atoms with van der Waals surface area (Å²) in [5, 5.41) is 0.548. The second kappa shape index (κ2) is 4.47. The van der Waals surface area contributed by atoms with Gasteiger partial charge < -0.3 is 5.73 Å². The normalized spacial score (nSPS) is 13.4. The lowest BCUT2D eigenvalue weighted by Gasteiger charge is -2.18. The van der Waals surface area contributed by atoms with Gasteiger partial charge in [0.15, 0.2) is 0 Å². The van der Waals surface area contributed by atoms with E-state index in [4.69, 9.17) is 28.9 Å². The Morgan fingerprint density at radius 3 is 2.36 bits per heavy atom. The van der Waals surface area contributed by atoms with Gasteiger partial charge in [0, 0.05) is 11.6 Å². The van der Waals surface area contributed by atoms with Gasteiger partial charge in [-0.05, 0) is 18.1 Å². The van der Waals surface area contributed by atoms with Gasteiger partial charge in [-0.2, -0.15) is 0 Å². The molecule has 78 valence electrons. The van der Waals surface area contributed by atoms with Crippen molar-refractivity contribution in [3.8, 4) is 0 Å². The summed E-state index contributed by atoms with van der Waals surface area (Å²) in [5.74, 6) is -0.291. The van der Waals surface area contributed by atoms with E-state index in [0.29, 0.717) is 10.6 Å². The molecular formula is C10H12Cl2FN. The second-order valence-electron chi connectivity index (χ2n) is 3.53. The molecule has 4 heteroatoms. The monoisotopic (exact) mass is 235 g/mol. The minimum atomic E-state index is -0.429. The molecule has 0 aliphatic rings. The molecule has 1 aromatic rings. The van der Waals surface area contributed by atoms with Crippen LogP contribution in [0.25, 0.3) is 0 Å². The number of hydrogen-bond donors (Lipinski definition) is 1. The molecule has 0 aliphatic carbocycles. The Hall–Kier alpha value is -0.310. The topological polar surface area (TPSA) is 26.0 Å². The lowest BCUT2D eigenvalue weighted by atomic mass is 9.96. The van der Waals surface area contributed by atoms with Gasteiger partial charge in [0.1, 0.15) is 5.82 Å². The maximum absolute atomic E-state index is 13.4. The first kappa shape index (κ1) is 11.8. The summed E-state index contributed by atoms with van der Waals surface area (Å²) in [6, 6.07) is 2.28. The maximum atomic E-state index is 13.4. The Balaban J connectivity index is 3.25. The lowest BCUT2D eigenvalue weighted by Crippen LogP contribution is -2.18. The molecule has 0 heterocycles. The smallest absolute Gasteiger partial charge is 0.129 e. The summed E-state index contributed by atoms with van der Waals surface area (Å²) in [5.41, 5.74) is 6.13. The Kier molecular flexibility index (Phi) is 3.76. The fraction of sp³-hybridized carbons (Fsp3) is 0.400. The van der Waals surface area contributed by atoms with Crippen molar-refractivity contribution in [3.63, 3.8) is 0 Å². The first-order valence-corrected chi connectivity index (χ1v) is 5.09. The number of hydrogen-bond acceptors (Lipinski definition) is 1. The minimum absolute atomic E-state index is 0.112. The predicted molar refractivity (Wildman–Crippen MR) is 58.2 cm³/mol. The van der Waals surface area contributed by atoms with Crippen molar-refractivity contribution in [1.29, 1.82) is 0 Å². The molecule has 0 saturated heterocycles. The van der Waals surface area contributed by atoms with E-state index in [-0.39, 0.29) is 10.9 Å². The van der Waals surface area contributed by atoms with Gasteiger partial charge in [0.05, 0.1) is 10.0 Å². The molecule has 1 atom stereocenters. The van der Waals surface area contributed by atoms with Crippen molar-refractivity contribution in [2.75, 3.05) is 0 Å². The van der Waals surface area contributed by atoms with Crippen LogP contribution in [0.5, 0.6) is 0 Å². The highest BCUT2D eigenvalue weighted by Gasteiger charge is 2.19. The third-order valence-electron chi connectivity index (χ3n) is 2.13. The Morgan fingerprint density at radius 1 is 1.29 bits per heavy atom. The maximum Gasteiger partial charge on any atom is 0.129 e. The third-order valence-corrected chi connectivity index (χ3v) is 2.95. The van der Waals surface area contributed by atoms with Gasteiger partial charge in [-0.3, -0.25) is 0 Å². The van der Waals surface area contributed by atoms with E-state index in [0.717, 1.165) is 0 Å². The van der Waals surface area contributed by atoms with Crippen LogP contribution >= 0.6 is 23.2 Å². The average Bonchev–Trinajstić information content (AvgIpc) is 2.12. The van der Waals surface area contributed by atoms with Gasteiger partial charge in [0.25, 0.3) is 0 Å². The van der Waals surface area contributed by atoms with Crippen LogP contribution < -0.4 is 5.73 Å². The number of halogens is 3. The Bertz CT molecular complexity index is 339. The summed E-state index contributed by atoms with van der Waals surface area (Å²) in [6.07, 6.45) is 0. The molecule has 0 saturated carbocycles. The Morgan fingerprint density at radius 2 is 1.86 bits per heavy atom. The molecule has 0 fully saturated rings. The summed E-state index contributed by atoms with van der Waals surface area (Å²) < 4.78 is 13.4. The fourth-order valence-corrected chi connectivity index (χ4v) is 1.63. The average molecular weight is 236 g/mol. The molecule has 14 heavy (non-hydrogen) atoms. The van der Waals surface area contributed by atoms with Crippen molar-refractivity contribution in [2.45, 2.75) is 19.9 Å². The van der Waals surface area contributed by atoms with Crippen molar-refractivity contribution in [1.82, 2.24) is 0 Å². The highest BCUT2D eigenvalue weighted by Crippen LogP contribution is 2.33.